The Hall–Kier alpha value is -2.74. The monoisotopic (exact) mass is 344 g/mol. The van der Waals surface area contributed by atoms with Crippen molar-refractivity contribution in [1.82, 2.24) is 14.1 Å². The molecule has 2 heterocycles. The highest BCUT2D eigenvalue weighted by Gasteiger charge is 2.17. The van der Waals surface area contributed by atoms with Crippen molar-refractivity contribution in [2.24, 2.45) is 0 Å². The van der Waals surface area contributed by atoms with Crippen LogP contribution in [0, 0.1) is 0 Å². The number of rotatable bonds is 4. The molecule has 0 aliphatic carbocycles. The van der Waals surface area contributed by atoms with Crippen LogP contribution >= 0.6 is 11.3 Å². The lowest BCUT2D eigenvalue weighted by molar-refractivity contribution is -0.116. The van der Waals surface area contributed by atoms with Crippen molar-refractivity contribution in [2.75, 3.05) is 5.32 Å². The Morgan fingerprint density at radius 1 is 1.29 bits per heavy atom. The quantitative estimate of drug-likeness (QED) is 0.782. The molecular formula is C16H16N4O3S. The molecule has 0 unspecified atom stereocenters. The summed E-state index contributed by atoms with van der Waals surface area (Å²) in [5.74, 6) is -0.369. The molecule has 0 saturated carbocycles. The zero-order valence-electron chi connectivity index (χ0n) is 13.2. The summed E-state index contributed by atoms with van der Waals surface area (Å²) in [6.45, 7) is 3.33. The molecule has 0 spiro atoms. The second-order valence-electron chi connectivity index (χ2n) is 5.54. The number of carbonyl (C=O) groups is 1. The van der Waals surface area contributed by atoms with E-state index < -0.39 is 5.69 Å². The molecule has 3 rings (SSSR count). The van der Waals surface area contributed by atoms with Crippen LogP contribution in [0.25, 0.3) is 10.9 Å². The third-order valence-electron chi connectivity index (χ3n) is 3.58. The summed E-state index contributed by atoms with van der Waals surface area (Å²) < 4.78 is 2.48. The zero-order chi connectivity index (χ0) is 17.3. The first-order chi connectivity index (χ1) is 11.5. The van der Waals surface area contributed by atoms with Crippen LogP contribution in [0.15, 0.2) is 45.4 Å². The highest BCUT2D eigenvalue weighted by Crippen LogP contribution is 2.12. The normalized spacial score (nSPS) is 11.1. The van der Waals surface area contributed by atoms with Crippen LogP contribution in [0.5, 0.6) is 0 Å². The molecular weight excluding hydrogens is 328 g/mol. The minimum absolute atomic E-state index is 0.189. The summed E-state index contributed by atoms with van der Waals surface area (Å²) in [7, 11) is 0. The molecule has 1 aromatic carbocycles. The summed E-state index contributed by atoms with van der Waals surface area (Å²) >= 11 is 1.29. The van der Waals surface area contributed by atoms with Gasteiger partial charge < -0.3 is 5.32 Å². The highest BCUT2D eigenvalue weighted by atomic mass is 32.1. The maximum atomic E-state index is 12.7. The first-order valence-electron chi connectivity index (χ1n) is 7.42. The predicted molar refractivity (Wildman–Crippen MR) is 93.6 cm³/mol. The van der Waals surface area contributed by atoms with Crippen molar-refractivity contribution in [3.05, 3.63) is 56.7 Å². The number of para-hydroxylation sites is 1. The Labute approximate surface area is 141 Å². The summed E-state index contributed by atoms with van der Waals surface area (Å²) in [6, 6.07) is 6.49. The van der Waals surface area contributed by atoms with Crippen LogP contribution in [-0.4, -0.2) is 20.0 Å². The summed E-state index contributed by atoms with van der Waals surface area (Å²) in [4.78, 5) is 41.5. The van der Waals surface area contributed by atoms with E-state index in [-0.39, 0.29) is 24.1 Å². The van der Waals surface area contributed by atoms with Crippen molar-refractivity contribution in [1.29, 1.82) is 0 Å². The summed E-state index contributed by atoms with van der Waals surface area (Å²) in [6.07, 6.45) is 1.58. The van der Waals surface area contributed by atoms with Gasteiger partial charge in [-0.15, -0.1) is 11.3 Å². The molecule has 0 aliphatic rings. The van der Waals surface area contributed by atoms with E-state index in [0.29, 0.717) is 16.0 Å². The average molecular weight is 344 g/mol. The molecule has 1 amide bonds. The van der Waals surface area contributed by atoms with Gasteiger partial charge in [-0.05, 0) is 26.0 Å². The van der Waals surface area contributed by atoms with Gasteiger partial charge in [0.1, 0.15) is 6.54 Å². The maximum Gasteiger partial charge on any atom is 0.332 e. The maximum absolute atomic E-state index is 12.7. The topological polar surface area (TPSA) is 86.0 Å². The third kappa shape index (κ3) is 2.88. The van der Waals surface area contributed by atoms with E-state index >= 15 is 0 Å². The van der Waals surface area contributed by atoms with Crippen LogP contribution in [0.3, 0.4) is 0 Å². The Kier molecular flexibility index (Phi) is 4.30. The number of carbonyl (C=O) groups excluding carboxylic acids is 1. The number of fused-ring (bicyclic) bond motifs is 1. The Morgan fingerprint density at radius 3 is 2.71 bits per heavy atom. The minimum atomic E-state index is -0.497. The predicted octanol–water partition coefficient (Wildman–Crippen LogP) is 1.84. The summed E-state index contributed by atoms with van der Waals surface area (Å²) in [5.41, 5.74) is -0.399. The van der Waals surface area contributed by atoms with Crippen LogP contribution in [0.2, 0.25) is 0 Å². The SMILES string of the molecule is CC(C)n1c(=O)c2ccccc2n(CC(=O)Nc2nccs2)c1=O. The van der Waals surface area contributed by atoms with Crippen molar-refractivity contribution >= 4 is 33.3 Å². The van der Waals surface area contributed by atoms with Crippen LogP contribution in [0.1, 0.15) is 19.9 Å². The molecule has 0 aliphatic heterocycles. The van der Waals surface area contributed by atoms with Gasteiger partial charge in [0.15, 0.2) is 5.13 Å². The fourth-order valence-electron chi connectivity index (χ4n) is 2.54. The van der Waals surface area contributed by atoms with Gasteiger partial charge in [-0.3, -0.25) is 18.7 Å². The molecule has 0 bridgehead atoms. The Bertz CT molecular complexity index is 1000. The van der Waals surface area contributed by atoms with E-state index in [0.717, 1.165) is 0 Å². The van der Waals surface area contributed by atoms with Crippen molar-refractivity contribution in [2.45, 2.75) is 26.4 Å². The van der Waals surface area contributed by atoms with E-state index in [1.165, 1.54) is 20.5 Å². The third-order valence-corrected chi connectivity index (χ3v) is 4.27. The van der Waals surface area contributed by atoms with Crippen LogP contribution < -0.4 is 16.6 Å². The van der Waals surface area contributed by atoms with Crippen molar-refractivity contribution in [3.8, 4) is 0 Å². The van der Waals surface area contributed by atoms with Gasteiger partial charge in [0.2, 0.25) is 5.91 Å². The smallest absolute Gasteiger partial charge is 0.300 e. The van der Waals surface area contributed by atoms with E-state index in [1.807, 2.05) is 0 Å². The zero-order valence-corrected chi connectivity index (χ0v) is 14.0. The number of hydrogen-bond acceptors (Lipinski definition) is 5. The van der Waals surface area contributed by atoms with Gasteiger partial charge in [-0.25, -0.2) is 9.78 Å². The van der Waals surface area contributed by atoms with Gasteiger partial charge in [0.05, 0.1) is 10.9 Å². The minimum Gasteiger partial charge on any atom is -0.300 e. The molecule has 1 N–H and O–H groups in total. The largest absolute Gasteiger partial charge is 0.332 e. The van der Waals surface area contributed by atoms with Crippen LogP contribution in [-0.2, 0) is 11.3 Å². The second-order valence-corrected chi connectivity index (χ2v) is 6.43. The molecule has 8 heteroatoms. The summed E-state index contributed by atoms with van der Waals surface area (Å²) in [5, 5.41) is 5.27. The van der Waals surface area contributed by atoms with Crippen LogP contribution in [0.4, 0.5) is 5.13 Å². The van der Waals surface area contributed by atoms with Gasteiger partial charge >= 0.3 is 5.69 Å². The number of aromatic nitrogens is 3. The number of nitrogens with zero attached hydrogens (tertiary/aromatic N) is 3. The first-order valence-corrected chi connectivity index (χ1v) is 8.30. The molecule has 0 radical (unpaired) electrons. The lowest BCUT2D eigenvalue weighted by atomic mass is 10.2. The Balaban J connectivity index is 2.11. The van der Waals surface area contributed by atoms with Gasteiger partial charge in [0, 0.05) is 17.6 Å². The average Bonchev–Trinajstić information content (AvgIpc) is 3.04. The number of amides is 1. The van der Waals surface area contributed by atoms with Crippen molar-refractivity contribution in [3.63, 3.8) is 0 Å². The molecule has 24 heavy (non-hydrogen) atoms. The fraction of sp³-hybridized carbons (Fsp3) is 0.250. The number of hydrogen-bond donors (Lipinski definition) is 1. The standard InChI is InChI=1S/C16H16N4O3S/c1-10(2)20-14(22)11-5-3-4-6-12(11)19(16(20)23)9-13(21)18-15-17-7-8-24-15/h3-8,10H,9H2,1-2H3,(H,17,18,21). The molecule has 7 nitrogen and oxygen atoms in total. The molecule has 124 valence electrons. The molecule has 0 saturated heterocycles. The highest BCUT2D eigenvalue weighted by molar-refractivity contribution is 7.13. The van der Waals surface area contributed by atoms with Gasteiger partial charge in [-0.1, -0.05) is 12.1 Å². The molecule has 0 fully saturated rings. The molecule has 3 aromatic rings. The second kappa shape index (κ2) is 6.40. The van der Waals surface area contributed by atoms with E-state index in [1.54, 1.807) is 49.7 Å². The fourth-order valence-corrected chi connectivity index (χ4v) is 3.08. The molecule has 2 aromatic heterocycles. The Morgan fingerprint density at radius 2 is 2.04 bits per heavy atom. The van der Waals surface area contributed by atoms with E-state index in [2.05, 4.69) is 10.3 Å². The number of benzene rings is 1. The van der Waals surface area contributed by atoms with Gasteiger partial charge in [0.25, 0.3) is 5.56 Å². The first kappa shape index (κ1) is 16.1. The lowest BCUT2D eigenvalue weighted by Gasteiger charge is -2.15. The van der Waals surface area contributed by atoms with Gasteiger partial charge in [-0.2, -0.15) is 0 Å². The van der Waals surface area contributed by atoms with E-state index in [9.17, 15) is 14.4 Å². The van der Waals surface area contributed by atoms with Crippen molar-refractivity contribution < 1.29 is 4.79 Å². The molecule has 0 atom stereocenters. The number of thiazole rings is 1. The number of nitrogens with one attached hydrogen (secondary N) is 1. The number of anilines is 1. The van der Waals surface area contributed by atoms with E-state index in [4.69, 9.17) is 0 Å². The lowest BCUT2D eigenvalue weighted by Crippen LogP contribution is -2.42.